The van der Waals surface area contributed by atoms with Crippen LogP contribution in [0.3, 0.4) is 0 Å². The Kier molecular flexibility index (Phi) is 4.57. The maximum absolute atomic E-state index is 12.9. The van der Waals surface area contributed by atoms with Crippen LogP contribution in [0.25, 0.3) is 26.7 Å². The zero-order valence-electron chi connectivity index (χ0n) is 15.7. The van der Waals surface area contributed by atoms with E-state index in [9.17, 15) is 9.59 Å². The molecule has 7 heteroatoms. The first-order chi connectivity index (χ1) is 14.7. The van der Waals surface area contributed by atoms with Crippen molar-refractivity contribution in [2.45, 2.75) is 6.61 Å². The number of fused-ring (bicyclic) bond motifs is 2. The predicted molar refractivity (Wildman–Crippen MR) is 116 cm³/mol. The van der Waals surface area contributed by atoms with Gasteiger partial charge in [0, 0.05) is 5.39 Å². The van der Waals surface area contributed by atoms with Crippen LogP contribution in [0.1, 0.15) is 15.5 Å². The molecule has 146 valence electrons. The molecule has 0 bridgehead atoms. The molecular formula is C23H15N3O3S. The zero-order chi connectivity index (χ0) is 20.5. The van der Waals surface area contributed by atoms with Gasteiger partial charge in [-0.1, -0.05) is 48.5 Å². The highest BCUT2D eigenvalue weighted by Crippen LogP contribution is 2.23. The summed E-state index contributed by atoms with van der Waals surface area (Å²) in [6, 6.07) is 23.7. The van der Waals surface area contributed by atoms with Gasteiger partial charge in [-0.2, -0.15) is 9.78 Å². The molecule has 0 N–H and O–H groups in total. The Balaban J connectivity index is 1.53. The van der Waals surface area contributed by atoms with Crippen LogP contribution in [0.4, 0.5) is 0 Å². The number of rotatable bonds is 4. The number of aromatic nitrogens is 3. The summed E-state index contributed by atoms with van der Waals surface area (Å²) in [5.41, 5.74) is 1.25. The first-order valence-electron chi connectivity index (χ1n) is 9.30. The van der Waals surface area contributed by atoms with Gasteiger partial charge in [0.05, 0.1) is 21.3 Å². The number of esters is 1. The molecule has 6 nitrogen and oxygen atoms in total. The van der Waals surface area contributed by atoms with Gasteiger partial charge in [0.1, 0.15) is 11.6 Å². The van der Waals surface area contributed by atoms with Gasteiger partial charge >= 0.3 is 5.97 Å². The predicted octanol–water partition coefficient (Wildman–Crippen LogP) is 4.35. The van der Waals surface area contributed by atoms with Crippen LogP contribution < -0.4 is 5.56 Å². The normalized spacial score (nSPS) is 11.1. The second-order valence-electron chi connectivity index (χ2n) is 6.60. The number of nitrogens with zero attached hydrogens (tertiary/aromatic N) is 3. The highest BCUT2D eigenvalue weighted by Gasteiger charge is 2.19. The van der Waals surface area contributed by atoms with Crippen LogP contribution in [-0.2, 0) is 11.3 Å². The first kappa shape index (κ1) is 18.2. The van der Waals surface area contributed by atoms with Gasteiger partial charge in [-0.15, -0.1) is 11.3 Å². The molecule has 0 aliphatic carbocycles. The third kappa shape index (κ3) is 3.25. The number of benzene rings is 3. The van der Waals surface area contributed by atoms with E-state index in [1.165, 1.54) is 16.0 Å². The lowest BCUT2D eigenvalue weighted by molar-refractivity contribution is 0.0466. The van der Waals surface area contributed by atoms with Crippen molar-refractivity contribution < 1.29 is 9.53 Å². The minimum absolute atomic E-state index is 0.0403. The maximum Gasteiger partial charge on any atom is 0.359 e. The summed E-state index contributed by atoms with van der Waals surface area (Å²) in [6.45, 7) is 0.0403. The van der Waals surface area contributed by atoms with E-state index >= 15 is 0 Å². The molecule has 2 heterocycles. The Morgan fingerprint density at radius 1 is 0.900 bits per heavy atom. The molecule has 0 radical (unpaired) electrons. The van der Waals surface area contributed by atoms with E-state index in [1.807, 2.05) is 42.5 Å². The van der Waals surface area contributed by atoms with Crippen molar-refractivity contribution in [3.8, 4) is 5.69 Å². The number of carbonyl (C=O) groups is 1. The molecule has 5 aromatic rings. The second-order valence-corrected chi connectivity index (χ2v) is 7.71. The lowest BCUT2D eigenvalue weighted by Gasteiger charge is -2.10. The summed E-state index contributed by atoms with van der Waals surface area (Å²) in [4.78, 5) is 30.3. The van der Waals surface area contributed by atoms with Gasteiger partial charge < -0.3 is 4.74 Å². The third-order valence-electron chi connectivity index (χ3n) is 4.66. The highest BCUT2D eigenvalue weighted by molar-refractivity contribution is 7.18. The average molecular weight is 413 g/mol. The second kappa shape index (κ2) is 7.53. The van der Waals surface area contributed by atoms with Crippen molar-refractivity contribution >= 4 is 38.3 Å². The summed E-state index contributed by atoms with van der Waals surface area (Å²) in [5.74, 6) is -0.602. The van der Waals surface area contributed by atoms with Crippen molar-refractivity contribution in [1.29, 1.82) is 0 Å². The summed E-state index contributed by atoms with van der Waals surface area (Å²) >= 11 is 1.48. The molecule has 3 aromatic carbocycles. The summed E-state index contributed by atoms with van der Waals surface area (Å²) in [7, 11) is 0. The monoisotopic (exact) mass is 413 g/mol. The summed E-state index contributed by atoms with van der Waals surface area (Å²) < 4.78 is 7.78. The minimum atomic E-state index is -0.602. The number of thiazole rings is 1. The Labute approximate surface area is 175 Å². The SMILES string of the molecule is O=C(OCc1nc2ccccc2s1)c1nn(-c2ccccc2)c(=O)c2ccccc12. The molecule has 2 aromatic heterocycles. The van der Waals surface area contributed by atoms with Gasteiger partial charge in [0.15, 0.2) is 5.69 Å². The Bertz CT molecular complexity index is 1410. The summed E-state index contributed by atoms with van der Waals surface area (Å²) in [5, 5.41) is 5.91. The van der Waals surface area contributed by atoms with Crippen molar-refractivity contribution in [2.75, 3.05) is 0 Å². The van der Waals surface area contributed by atoms with E-state index in [1.54, 1.807) is 36.4 Å². The van der Waals surface area contributed by atoms with Crippen LogP contribution in [0.5, 0.6) is 0 Å². The quantitative estimate of drug-likeness (QED) is 0.410. The number of hydrogen-bond acceptors (Lipinski definition) is 6. The van der Waals surface area contributed by atoms with Gasteiger partial charge in [0.25, 0.3) is 5.56 Å². The molecule has 0 atom stereocenters. The van der Waals surface area contributed by atoms with Gasteiger partial charge in [-0.25, -0.2) is 9.78 Å². The smallest absolute Gasteiger partial charge is 0.359 e. The Hall–Kier alpha value is -3.84. The van der Waals surface area contributed by atoms with E-state index in [-0.39, 0.29) is 17.9 Å². The van der Waals surface area contributed by atoms with Crippen molar-refractivity contribution in [3.05, 3.63) is 99.9 Å². The molecule has 0 fully saturated rings. The van der Waals surface area contributed by atoms with E-state index in [2.05, 4.69) is 10.1 Å². The molecule has 0 saturated carbocycles. The van der Waals surface area contributed by atoms with E-state index < -0.39 is 5.97 Å². The lowest BCUT2D eigenvalue weighted by Crippen LogP contribution is -2.25. The number of hydrogen-bond donors (Lipinski definition) is 0. The van der Waals surface area contributed by atoms with Crippen LogP contribution in [0.2, 0.25) is 0 Å². The molecule has 5 rings (SSSR count). The molecule has 0 spiro atoms. The average Bonchev–Trinajstić information content (AvgIpc) is 3.21. The fourth-order valence-electron chi connectivity index (χ4n) is 3.26. The van der Waals surface area contributed by atoms with Crippen LogP contribution in [-0.4, -0.2) is 20.7 Å². The van der Waals surface area contributed by atoms with Crippen LogP contribution in [0.15, 0.2) is 83.7 Å². The molecule has 0 unspecified atom stereocenters. The fourth-order valence-corrected chi connectivity index (χ4v) is 4.14. The molecular weight excluding hydrogens is 398 g/mol. The zero-order valence-corrected chi connectivity index (χ0v) is 16.5. The first-order valence-corrected chi connectivity index (χ1v) is 10.1. The topological polar surface area (TPSA) is 74.1 Å². The minimum Gasteiger partial charge on any atom is -0.453 e. The molecule has 0 amide bonds. The Morgan fingerprint density at radius 3 is 2.40 bits per heavy atom. The molecule has 0 aliphatic rings. The van der Waals surface area contributed by atoms with Crippen LogP contribution in [0, 0.1) is 0 Å². The van der Waals surface area contributed by atoms with E-state index in [4.69, 9.17) is 4.74 Å². The van der Waals surface area contributed by atoms with E-state index in [0.29, 0.717) is 21.5 Å². The number of ether oxygens (including phenoxy) is 1. The van der Waals surface area contributed by atoms with Crippen LogP contribution >= 0.6 is 11.3 Å². The number of para-hydroxylation sites is 2. The third-order valence-corrected chi connectivity index (χ3v) is 5.67. The fraction of sp³-hybridized carbons (Fsp3) is 0.0435. The van der Waals surface area contributed by atoms with Gasteiger partial charge in [0.2, 0.25) is 0 Å². The lowest BCUT2D eigenvalue weighted by atomic mass is 10.1. The number of carbonyl (C=O) groups excluding carboxylic acids is 1. The molecule has 0 saturated heterocycles. The standard InChI is InChI=1S/C23H15N3O3S/c27-22-17-11-5-4-10-16(17)21(25-26(22)15-8-2-1-3-9-15)23(28)29-14-20-24-18-12-6-7-13-19(18)30-20/h1-13H,14H2. The largest absolute Gasteiger partial charge is 0.453 e. The van der Waals surface area contributed by atoms with Crippen molar-refractivity contribution in [3.63, 3.8) is 0 Å². The van der Waals surface area contributed by atoms with Gasteiger partial charge in [-0.3, -0.25) is 4.79 Å². The van der Waals surface area contributed by atoms with E-state index in [0.717, 1.165) is 10.2 Å². The summed E-state index contributed by atoms with van der Waals surface area (Å²) in [6.07, 6.45) is 0. The van der Waals surface area contributed by atoms with Crippen molar-refractivity contribution in [2.24, 2.45) is 0 Å². The van der Waals surface area contributed by atoms with Crippen molar-refractivity contribution in [1.82, 2.24) is 14.8 Å². The molecule has 0 aliphatic heterocycles. The Morgan fingerprint density at radius 2 is 1.60 bits per heavy atom. The van der Waals surface area contributed by atoms with Gasteiger partial charge in [-0.05, 0) is 30.3 Å². The molecule has 30 heavy (non-hydrogen) atoms. The highest BCUT2D eigenvalue weighted by atomic mass is 32.1. The maximum atomic E-state index is 12.9.